The van der Waals surface area contributed by atoms with Gasteiger partial charge in [-0.25, -0.2) is 0 Å². The molecule has 2 saturated carbocycles. The van der Waals surface area contributed by atoms with Crippen LogP contribution in [0.1, 0.15) is 155 Å². The molecular formula is C62H96F3N11O11. The molecule has 2 saturated heterocycles. The summed E-state index contributed by atoms with van der Waals surface area (Å²) in [5.74, 6) is -7.24. The summed E-state index contributed by atoms with van der Waals surface area (Å²) >= 11 is 0. The van der Waals surface area contributed by atoms with Crippen molar-refractivity contribution in [1.29, 1.82) is 0 Å². The Morgan fingerprint density at radius 3 is 1.83 bits per heavy atom. The lowest BCUT2D eigenvalue weighted by atomic mass is 9.84. The Balaban J connectivity index is 1.52. The summed E-state index contributed by atoms with van der Waals surface area (Å²) in [5, 5.41) is 11.4. The van der Waals surface area contributed by atoms with E-state index in [4.69, 9.17) is 0 Å². The second kappa shape index (κ2) is 31.4. The summed E-state index contributed by atoms with van der Waals surface area (Å²) in [4.78, 5) is 166. The highest BCUT2D eigenvalue weighted by atomic mass is 19.4. The van der Waals surface area contributed by atoms with E-state index in [0.717, 1.165) is 58.9 Å². The number of rotatable bonds is 9. The molecule has 87 heavy (non-hydrogen) atoms. The second-order valence-electron chi connectivity index (χ2n) is 25.4. The standard InChI is InChI=1S/C62H96F3N11O11/c1-13-39(4)53-59(86)72(9)36-51(79)70(7)37-52(80)74(11)48(34-43-20-15-14-16-21-43)58(85)71(8)35-49(77)67-45(28-25-42-23-26-44(27-24-42)62(63,64)65)57(84)76-31-19-22-46(76)56(83)69-61(29-17-18-30-61)60(87)75(12)47(32-38(2)3)55(82)66-40(5)33-50(78)73(10)41(6)54(81)68-53/h23-24,26-27,38-41,43,45-48,53H,13-22,25,28-37H2,1-12H3,(H,66,82)(H,67,77)(H,68,81)(H,69,83)/t39?,40-,41+,45+,46+,47+,48+,53+/m1/s1. The SMILES string of the molecule is CCC(C)[C@@H]1NC(=O)[C@H](C)N(C)C(=O)C[C@@H](C)NC(=O)[C@H](CC(C)C)N(C)C(=O)C2(CCCC2)NC(=O)[C@@H]2CCCN2C(=O)[C@H](CCc2ccc(C(F)(F)F)cc2)NC(=O)CN(C)C(=O)[C@H](CC2CCCCC2)N(C)C(=O)CN(C)C(=O)CN(C)C1=O. The van der Waals surface area contributed by atoms with E-state index < -0.39 is 150 Å². The van der Waals surface area contributed by atoms with Crippen molar-refractivity contribution in [1.82, 2.24) is 55.6 Å². The number of carbonyl (C=O) groups excluding carboxylic acids is 11. The zero-order valence-electron chi connectivity index (χ0n) is 53.2. The fourth-order valence-corrected chi connectivity index (χ4v) is 12.3. The van der Waals surface area contributed by atoms with Crippen LogP contribution in [-0.2, 0) is 65.3 Å². The van der Waals surface area contributed by atoms with Crippen LogP contribution in [0.15, 0.2) is 24.3 Å². The van der Waals surface area contributed by atoms with Crippen molar-refractivity contribution in [3.8, 4) is 0 Å². The molecule has 2 aliphatic carbocycles. The van der Waals surface area contributed by atoms with E-state index in [0.29, 0.717) is 31.2 Å². The van der Waals surface area contributed by atoms with Gasteiger partial charge in [-0.05, 0) is 101 Å². The molecule has 0 aromatic heterocycles. The van der Waals surface area contributed by atoms with Crippen molar-refractivity contribution >= 4 is 65.0 Å². The molecule has 4 aliphatic rings. The third kappa shape index (κ3) is 18.9. The van der Waals surface area contributed by atoms with Gasteiger partial charge in [-0.2, -0.15) is 13.2 Å². The van der Waals surface area contributed by atoms with Crippen molar-refractivity contribution < 1.29 is 65.9 Å². The van der Waals surface area contributed by atoms with Gasteiger partial charge in [0, 0.05) is 61.3 Å². The third-order valence-electron chi connectivity index (χ3n) is 18.2. The predicted molar refractivity (Wildman–Crippen MR) is 318 cm³/mol. The fourth-order valence-electron chi connectivity index (χ4n) is 12.3. The monoisotopic (exact) mass is 1230 g/mol. The van der Waals surface area contributed by atoms with E-state index >= 15 is 0 Å². The minimum atomic E-state index is -4.60. The zero-order valence-corrected chi connectivity index (χ0v) is 53.2. The lowest BCUT2D eigenvalue weighted by molar-refractivity contribution is -0.149. The number of benzene rings is 1. The first kappa shape index (κ1) is 70.9. The van der Waals surface area contributed by atoms with Crippen LogP contribution in [0.5, 0.6) is 0 Å². The Morgan fingerprint density at radius 2 is 1.23 bits per heavy atom. The first-order chi connectivity index (χ1) is 40.8. The Kier molecular flexibility index (Phi) is 25.6. The molecule has 2 heterocycles. The van der Waals surface area contributed by atoms with Crippen LogP contribution < -0.4 is 21.3 Å². The van der Waals surface area contributed by atoms with Gasteiger partial charge in [0.25, 0.3) is 0 Å². The minimum absolute atomic E-state index is 0.0193. The summed E-state index contributed by atoms with van der Waals surface area (Å²) in [7, 11) is 8.51. The van der Waals surface area contributed by atoms with Gasteiger partial charge in [-0.15, -0.1) is 0 Å². The number of likely N-dealkylation sites (N-methyl/N-ethyl adjacent to an activating group) is 6. The van der Waals surface area contributed by atoms with Crippen LogP contribution in [0, 0.1) is 17.8 Å². The molecule has 4 N–H and O–H groups in total. The molecule has 1 spiro atoms. The smallest absolute Gasteiger partial charge is 0.351 e. The van der Waals surface area contributed by atoms with Crippen molar-refractivity contribution in [2.45, 2.75) is 205 Å². The van der Waals surface area contributed by atoms with Crippen molar-refractivity contribution in [3.63, 3.8) is 0 Å². The molecule has 0 bridgehead atoms. The van der Waals surface area contributed by atoms with Crippen LogP contribution in [-0.4, -0.2) is 216 Å². The Bertz CT molecular complexity index is 2630. The first-order valence-corrected chi connectivity index (χ1v) is 31.0. The molecular weight excluding hydrogens is 1130 g/mol. The van der Waals surface area contributed by atoms with Crippen molar-refractivity contribution in [2.24, 2.45) is 17.8 Å². The third-order valence-corrected chi connectivity index (χ3v) is 18.2. The number of hydrogen-bond acceptors (Lipinski definition) is 11. The molecule has 8 atom stereocenters. The molecule has 1 aromatic rings. The molecule has 486 valence electrons. The van der Waals surface area contributed by atoms with Gasteiger partial charge >= 0.3 is 6.18 Å². The second-order valence-corrected chi connectivity index (χ2v) is 25.4. The average molecular weight is 1230 g/mol. The van der Waals surface area contributed by atoms with E-state index in [1.165, 1.54) is 80.9 Å². The van der Waals surface area contributed by atoms with E-state index in [1.54, 1.807) is 13.8 Å². The van der Waals surface area contributed by atoms with Gasteiger partial charge in [0.1, 0.15) is 41.8 Å². The summed E-state index contributed by atoms with van der Waals surface area (Å²) in [6, 6.07) is -3.24. The van der Waals surface area contributed by atoms with Crippen LogP contribution in [0.4, 0.5) is 13.2 Å². The number of halogens is 3. The van der Waals surface area contributed by atoms with Crippen LogP contribution in [0.2, 0.25) is 0 Å². The van der Waals surface area contributed by atoms with Crippen LogP contribution >= 0.6 is 0 Å². The molecule has 2 aliphatic heterocycles. The first-order valence-electron chi connectivity index (χ1n) is 31.0. The van der Waals surface area contributed by atoms with Gasteiger partial charge in [0.2, 0.25) is 65.0 Å². The largest absolute Gasteiger partial charge is 0.416 e. The van der Waals surface area contributed by atoms with Gasteiger partial charge in [-0.3, -0.25) is 52.7 Å². The van der Waals surface area contributed by atoms with Gasteiger partial charge in [-0.1, -0.05) is 91.2 Å². The number of amides is 11. The van der Waals surface area contributed by atoms with Gasteiger partial charge in [0.05, 0.1) is 25.2 Å². The van der Waals surface area contributed by atoms with Gasteiger partial charge < -0.3 is 55.6 Å². The summed E-state index contributed by atoms with van der Waals surface area (Å²) in [6.07, 6.45) is 2.51. The molecule has 5 rings (SSSR count). The van der Waals surface area contributed by atoms with Gasteiger partial charge in [0.15, 0.2) is 0 Å². The quantitative estimate of drug-likeness (QED) is 0.276. The number of nitrogens with one attached hydrogen (secondary N) is 4. The van der Waals surface area contributed by atoms with E-state index in [-0.39, 0.29) is 69.7 Å². The topological polar surface area (TPSA) is 259 Å². The number of nitrogens with zero attached hydrogens (tertiary/aromatic N) is 7. The Hall–Kier alpha value is -6.82. The molecule has 4 fully saturated rings. The summed E-state index contributed by atoms with van der Waals surface area (Å²) in [5.41, 5.74) is -1.92. The van der Waals surface area contributed by atoms with Crippen LogP contribution in [0.25, 0.3) is 0 Å². The molecule has 1 unspecified atom stereocenters. The molecule has 25 heteroatoms. The highest BCUT2D eigenvalue weighted by molar-refractivity contribution is 5.99. The Labute approximate surface area is 511 Å². The predicted octanol–water partition coefficient (Wildman–Crippen LogP) is 3.87. The van der Waals surface area contributed by atoms with E-state index in [9.17, 15) is 65.9 Å². The lowest BCUT2D eigenvalue weighted by Crippen LogP contribution is -2.64. The van der Waals surface area contributed by atoms with E-state index in [2.05, 4.69) is 21.3 Å². The normalized spacial score (nSPS) is 26.7. The maximum Gasteiger partial charge on any atom is 0.416 e. The summed E-state index contributed by atoms with van der Waals surface area (Å²) in [6.45, 7) is 8.97. The van der Waals surface area contributed by atoms with E-state index in [1.807, 2.05) is 20.8 Å². The molecule has 1 aromatic carbocycles. The minimum Gasteiger partial charge on any atom is -0.351 e. The molecule has 11 amide bonds. The highest BCUT2D eigenvalue weighted by Crippen LogP contribution is 2.35. The maximum absolute atomic E-state index is 15.0. The van der Waals surface area contributed by atoms with Crippen molar-refractivity contribution in [2.75, 3.05) is 68.5 Å². The maximum atomic E-state index is 15.0. The number of carbonyl (C=O) groups is 11. The van der Waals surface area contributed by atoms with Crippen LogP contribution in [0.3, 0.4) is 0 Å². The highest BCUT2D eigenvalue weighted by Gasteiger charge is 2.49. The number of hydrogen-bond donors (Lipinski definition) is 4. The average Bonchev–Trinajstić information content (AvgIpc) is 2.19. The zero-order chi connectivity index (χ0) is 64.8. The fraction of sp³-hybridized carbons (Fsp3) is 0.726. The number of alkyl halides is 3. The number of aryl methyl sites for hydroxylation is 1. The molecule has 0 radical (unpaired) electrons. The van der Waals surface area contributed by atoms with Crippen molar-refractivity contribution in [3.05, 3.63) is 35.4 Å². The summed E-state index contributed by atoms with van der Waals surface area (Å²) < 4.78 is 40.7. The Morgan fingerprint density at radius 1 is 0.621 bits per heavy atom. The lowest BCUT2D eigenvalue weighted by Gasteiger charge is -2.39. The number of fused-ring (bicyclic) bond motifs is 1. The molecule has 22 nitrogen and oxygen atoms in total.